The molecule has 0 saturated carbocycles. The summed E-state index contributed by atoms with van der Waals surface area (Å²) >= 11 is 1.25. The zero-order valence-electron chi connectivity index (χ0n) is 16.4. The van der Waals surface area contributed by atoms with Crippen molar-refractivity contribution in [3.05, 3.63) is 94.7 Å². The fourth-order valence-electron chi connectivity index (χ4n) is 3.19. The number of nitrogens with zero attached hydrogens (tertiary/aromatic N) is 2. The van der Waals surface area contributed by atoms with Crippen LogP contribution in [0.3, 0.4) is 0 Å². The van der Waals surface area contributed by atoms with Crippen molar-refractivity contribution < 1.29 is 9.21 Å². The molecule has 0 bridgehead atoms. The topological polar surface area (TPSA) is 77.1 Å². The maximum Gasteiger partial charge on any atom is 0.262 e. The number of aromatic nitrogens is 2. The Morgan fingerprint density at radius 1 is 1.10 bits per heavy atom. The molecule has 0 radical (unpaired) electrons. The molecule has 0 saturated heterocycles. The minimum atomic E-state index is -0.232. The van der Waals surface area contributed by atoms with E-state index >= 15 is 0 Å². The van der Waals surface area contributed by atoms with E-state index in [1.165, 1.54) is 11.8 Å². The van der Waals surface area contributed by atoms with Crippen molar-refractivity contribution in [2.24, 2.45) is 0 Å². The Morgan fingerprint density at radius 2 is 1.87 bits per heavy atom. The normalized spacial score (nSPS) is 12.0. The highest BCUT2D eigenvalue weighted by Gasteiger charge is 2.16. The fraction of sp³-hybridized carbons (Fsp3) is 0.174. The van der Waals surface area contributed by atoms with Crippen molar-refractivity contribution in [1.82, 2.24) is 14.9 Å². The van der Waals surface area contributed by atoms with Crippen molar-refractivity contribution in [3.8, 4) is 0 Å². The molecule has 4 rings (SSSR count). The third-order valence-corrected chi connectivity index (χ3v) is 5.67. The van der Waals surface area contributed by atoms with Gasteiger partial charge in [-0.15, -0.1) is 0 Å². The van der Waals surface area contributed by atoms with Crippen LogP contribution in [0.4, 0.5) is 0 Å². The molecule has 4 aromatic rings. The van der Waals surface area contributed by atoms with Gasteiger partial charge in [0.05, 0.1) is 35.5 Å². The lowest BCUT2D eigenvalue weighted by Crippen LogP contribution is -2.29. The number of hydrogen-bond donors (Lipinski definition) is 1. The van der Waals surface area contributed by atoms with Gasteiger partial charge in [0.15, 0.2) is 5.16 Å². The summed E-state index contributed by atoms with van der Waals surface area (Å²) in [6.07, 6.45) is 1.58. The molecule has 0 aliphatic carbocycles. The Kier molecular flexibility index (Phi) is 5.99. The molecule has 1 amide bonds. The standard InChI is InChI=1S/C23H21N3O3S/c1-16(20-12-7-13-29-20)24-21(27)15-30-23-25-19-11-6-5-10-18(19)22(28)26(23)14-17-8-3-2-4-9-17/h2-13,16H,14-15H2,1H3,(H,24,27). The number of para-hydroxylation sites is 1. The molecule has 0 aliphatic rings. The zero-order valence-corrected chi connectivity index (χ0v) is 17.3. The van der Waals surface area contributed by atoms with Crippen LogP contribution in [0.5, 0.6) is 0 Å². The Labute approximate surface area is 177 Å². The second-order valence-corrected chi connectivity index (χ2v) is 7.82. The molecule has 0 aliphatic heterocycles. The average Bonchev–Trinajstić information content (AvgIpc) is 3.30. The summed E-state index contributed by atoms with van der Waals surface area (Å²) in [6.45, 7) is 2.26. The van der Waals surface area contributed by atoms with Gasteiger partial charge in [0.25, 0.3) is 5.56 Å². The molecule has 30 heavy (non-hydrogen) atoms. The highest BCUT2D eigenvalue weighted by Crippen LogP contribution is 2.20. The van der Waals surface area contributed by atoms with Gasteiger partial charge in [-0.25, -0.2) is 4.98 Å². The van der Waals surface area contributed by atoms with Gasteiger partial charge in [-0.2, -0.15) is 0 Å². The van der Waals surface area contributed by atoms with Crippen molar-refractivity contribution in [1.29, 1.82) is 0 Å². The van der Waals surface area contributed by atoms with Gasteiger partial charge >= 0.3 is 0 Å². The van der Waals surface area contributed by atoms with E-state index in [0.717, 1.165) is 5.56 Å². The molecule has 2 aromatic carbocycles. The summed E-state index contributed by atoms with van der Waals surface area (Å²) in [4.78, 5) is 30.2. The monoisotopic (exact) mass is 419 g/mol. The summed E-state index contributed by atoms with van der Waals surface area (Å²) in [5.74, 6) is 0.681. The lowest BCUT2D eigenvalue weighted by Gasteiger charge is -2.14. The van der Waals surface area contributed by atoms with Gasteiger partial charge in [-0.3, -0.25) is 14.2 Å². The number of rotatable bonds is 7. The minimum absolute atomic E-state index is 0.115. The minimum Gasteiger partial charge on any atom is -0.467 e. The number of furan rings is 1. The molecule has 0 spiro atoms. The Balaban J connectivity index is 1.58. The first-order valence-electron chi connectivity index (χ1n) is 9.61. The molecule has 0 fully saturated rings. The molecule has 7 heteroatoms. The van der Waals surface area contributed by atoms with E-state index in [2.05, 4.69) is 10.3 Å². The van der Waals surface area contributed by atoms with E-state index in [4.69, 9.17) is 4.42 Å². The van der Waals surface area contributed by atoms with Crippen LogP contribution in [-0.4, -0.2) is 21.2 Å². The summed E-state index contributed by atoms with van der Waals surface area (Å²) in [6, 6.07) is 20.4. The average molecular weight is 420 g/mol. The number of benzene rings is 2. The van der Waals surface area contributed by atoms with E-state index in [0.29, 0.717) is 28.4 Å². The van der Waals surface area contributed by atoms with Crippen LogP contribution in [-0.2, 0) is 11.3 Å². The second kappa shape index (κ2) is 9.00. The number of amides is 1. The lowest BCUT2D eigenvalue weighted by molar-refractivity contribution is -0.119. The first kappa shape index (κ1) is 20.0. The van der Waals surface area contributed by atoms with Crippen LogP contribution in [0.2, 0.25) is 0 Å². The van der Waals surface area contributed by atoms with Crippen LogP contribution in [0.15, 0.2) is 87.4 Å². The Hall–Kier alpha value is -3.32. The van der Waals surface area contributed by atoms with Crippen molar-refractivity contribution in [3.63, 3.8) is 0 Å². The number of nitrogens with one attached hydrogen (secondary N) is 1. The second-order valence-electron chi connectivity index (χ2n) is 6.88. The van der Waals surface area contributed by atoms with Crippen LogP contribution in [0.25, 0.3) is 10.9 Å². The third-order valence-electron chi connectivity index (χ3n) is 4.69. The van der Waals surface area contributed by atoms with E-state index in [-0.39, 0.29) is 23.3 Å². The highest BCUT2D eigenvalue weighted by atomic mass is 32.2. The fourth-order valence-corrected chi connectivity index (χ4v) is 4.00. The maximum atomic E-state index is 13.1. The molecule has 2 aromatic heterocycles. The predicted molar refractivity (Wildman–Crippen MR) is 118 cm³/mol. The lowest BCUT2D eigenvalue weighted by atomic mass is 10.2. The van der Waals surface area contributed by atoms with E-state index < -0.39 is 0 Å². The van der Waals surface area contributed by atoms with Gasteiger partial charge in [-0.05, 0) is 36.8 Å². The number of carbonyl (C=O) groups excluding carboxylic acids is 1. The predicted octanol–water partition coefficient (Wildman–Crippen LogP) is 4.01. The van der Waals surface area contributed by atoms with Gasteiger partial charge in [0.2, 0.25) is 5.91 Å². The smallest absolute Gasteiger partial charge is 0.262 e. The van der Waals surface area contributed by atoms with Crippen LogP contribution in [0.1, 0.15) is 24.3 Å². The number of carbonyl (C=O) groups is 1. The number of thioether (sulfide) groups is 1. The Bertz CT molecular complexity index is 1200. The van der Waals surface area contributed by atoms with Gasteiger partial charge in [-0.1, -0.05) is 54.2 Å². The molecule has 6 nitrogen and oxygen atoms in total. The van der Waals surface area contributed by atoms with E-state index in [1.807, 2.05) is 61.5 Å². The van der Waals surface area contributed by atoms with Gasteiger partial charge < -0.3 is 9.73 Å². The van der Waals surface area contributed by atoms with Crippen LogP contribution in [0, 0.1) is 0 Å². The SMILES string of the molecule is CC(NC(=O)CSc1nc2ccccc2c(=O)n1Cc1ccccc1)c1ccco1. The summed E-state index contributed by atoms with van der Waals surface area (Å²) in [5.41, 5.74) is 1.50. The molecule has 152 valence electrons. The van der Waals surface area contributed by atoms with E-state index in [1.54, 1.807) is 23.0 Å². The summed E-state index contributed by atoms with van der Waals surface area (Å²) in [5, 5.41) is 3.99. The quantitative estimate of drug-likeness (QED) is 0.362. The number of fused-ring (bicyclic) bond motifs is 1. The molecule has 2 heterocycles. The van der Waals surface area contributed by atoms with Crippen LogP contribution < -0.4 is 10.9 Å². The largest absolute Gasteiger partial charge is 0.467 e. The van der Waals surface area contributed by atoms with Crippen molar-refractivity contribution >= 4 is 28.6 Å². The number of hydrogen-bond acceptors (Lipinski definition) is 5. The summed E-state index contributed by atoms with van der Waals surface area (Å²) < 4.78 is 6.96. The van der Waals surface area contributed by atoms with Gasteiger partial charge in [0, 0.05) is 0 Å². The highest BCUT2D eigenvalue weighted by molar-refractivity contribution is 7.99. The van der Waals surface area contributed by atoms with E-state index in [9.17, 15) is 9.59 Å². The molecular formula is C23H21N3O3S. The molecule has 1 N–H and O–H groups in total. The molecular weight excluding hydrogens is 398 g/mol. The first-order chi connectivity index (χ1) is 14.6. The maximum absolute atomic E-state index is 13.1. The third kappa shape index (κ3) is 4.46. The van der Waals surface area contributed by atoms with Crippen molar-refractivity contribution in [2.45, 2.75) is 24.7 Å². The Morgan fingerprint density at radius 3 is 2.63 bits per heavy atom. The first-order valence-corrected chi connectivity index (χ1v) is 10.6. The zero-order chi connectivity index (χ0) is 20.9. The van der Waals surface area contributed by atoms with Crippen LogP contribution >= 0.6 is 11.8 Å². The van der Waals surface area contributed by atoms with Crippen molar-refractivity contribution in [2.75, 3.05) is 5.75 Å². The summed E-state index contributed by atoms with van der Waals surface area (Å²) in [7, 11) is 0. The molecule has 1 unspecified atom stereocenters. The van der Waals surface area contributed by atoms with Gasteiger partial charge in [0.1, 0.15) is 5.76 Å². The molecule has 1 atom stereocenters.